The Kier molecular flexibility index (Phi) is 3.97. The summed E-state index contributed by atoms with van der Waals surface area (Å²) in [5.74, 6) is -0.879. The standard InChI is InChI=1S/C11H13NO3/c1-2-8(7-11(13)14)9-4-3-5-10(6-9)12-15/h3-6,8H,2,7H2,1H3,(H,13,14). The summed E-state index contributed by atoms with van der Waals surface area (Å²) in [6.45, 7) is 1.93. The Bertz CT molecular complexity index is 363. The molecule has 1 aromatic carbocycles. The maximum atomic E-state index is 10.6. The first kappa shape index (κ1) is 11.4. The molecule has 0 aliphatic carbocycles. The molecule has 0 saturated heterocycles. The second-order valence-corrected chi connectivity index (χ2v) is 3.39. The average molecular weight is 207 g/mol. The van der Waals surface area contributed by atoms with Crippen LogP contribution in [0.2, 0.25) is 0 Å². The molecule has 0 saturated carbocycles. The summed E-state index contributed by atoms with van der Waals surface area (Å²) in [4.78, 5) is 20.9. The van der Waals surface area contributed by atoms with Crippen molar-refractivity contribution in [2.45, 2.75) is 25.7 Å². The van der Waals surface area contributed by atoms with E-state index in [9.17, 15) is 9.70 Å². The van der Waals surface area contributed by atoms with Crippen LogP contribution in [-0.2, 0) is 4.79 Å². The first-order valence-electron chi connectivity index (χ1n) is 4.82. The van der Waals surface area contributed by atoms with E-state index in [0.29, 0.717) is 5.69 Å². The third-order valence-corrected chi connectivity index (χ3v) is 2.36. The fourth-order valence-electron chi connectivity index (χ4n) is 1.54. The van der Waals surface area contributed by atoms with Gasteiger partial charge in [-0.3, -0.25) is 4.79 Å². The van der Waals surface area contributed by atoms with Gasteiger partial charge in [-0.2, -0.15) is 0 Å². The minimum absolute atomic E-state index is 0.0517. The van der Waals surface area contributed by atoms with Crippen LogP contribution in [0.4, 0.5) is 5.69 Å². The number of hydrogen-bond donors (Lipinski definition) is 1. The van der Waals surface area contributed by atoms with E-state index in [2.05, 4.69) is 5.18 Å². The van der Waals surface area contributed by atoms with Crippen molar-refractivity contribution >= 4 is 11.7 Å². The number of aliphatic carboxylic acids is 1. The zero-order valence-electron chi connectivity index (χ0n) is 8.51. The van der Waals surface area contributed by atoms with Crippen LogP contribution >= 0.6 is 0 Å². The van der Waals surface area contributed by atoms with Crippen molar-refractivity contribution in [2.75, 3.05) is 0 Å². The van der Waals surface area contributed by atoms with Crippen LogP contribution < -0.4 is 0 Å². The van der Waals surface area contributed by atoms with Gasteiger partial charge in [-0.05, 0) is 35.2 Å². The summed E-state index contributed by atoms with van der Waals surface area (Å²) in [5, 5.41) is 11.5. The van der Waals surface area contributed by atoms with Crippen LogP contribution in [0.1, 0.15) is 31.2 Å². The molecule has 0 radical (unpaired) electrons. The predicted molar refractivity (Wildman–Crippen MR) is 57.2 cm³/mol. The molecule has 1 rings (SSSR count). The second-order valence-electron chi connectivity index (χ2n) is 3.39. The van der Waals surface area contributed by atoms with E-state index in [4.69, 9.17) is 5.11 Å². The highest BCUT2D eigenvalue weighted by Gasteiger charge is 2.13. The van der Waals surface area contributed by atoms with Crippen molar-refractivity contribution in [3.8, 4) is 0 Å². The van der Waals surface area contributed by atoms with Crippen LogP contribution in [0, 0.1) is 4.91 Å². The Morgan fingerprint density at radius 1 is 1.53 bits per heavy atom. The normalized spacial score (nSPS) is 12.1. The molecule has 0 heterocycles. The highest BCUT2D eigenvalue weighted by molar-refractivity contribution is 5.68. The zero-order chi connectivity index (χ0) is 11.3. The fraction of sp³-hybridized carbons (Fsp3) is 0.364. The van der Waals surface area contributed by atoms with Crippen LogP contribution in [0.5, 0.6) is 0 Å². The summed E-state index contributed by atoms with van der Waals surface area (Å²) in [7, 11) is 0. The van der Waals surface area contributed by atoms with Crippen molar-refractivity contribution in [3.63, 3.8) is 0 Å². The van der Waals surface area contributed by atoms with E-state index in [1.165, 1.54) is 0 Å². The SMILES string of the molecule is CCC(CC(=O)O)c1cccc(N=O)c1. The molecule has 0 aliphatic rings. The molecular weight excluding hydrogens is 194 g/mol. The lowest BCUT2D eigenvalue weighted by Gasteiger charge is -2.12. The number of nitrogens with zero attached hydrogens (tertiary/aromatic N) is 1. The summed E-state index contributed by atoms with van der Waals surface area (Å²) in [6, 6.07) is 6.79. The number of nitroso groups, excluding NO2 is 1. The molecule has 0 fully saturated rings. The third-order valence-electron chi connectivity index (χ3n) is 2.36. The van der Waals surface area contributed by atoms with Crippen molar-refractivity contribution in [3.05, 3.63) is 34.7 Å². The number of carboxylic acid groups (broad SMARTS) is 1. The van der Waals surface area contributed by atoms with E-state index in [1.54, 1.807) is 18.2 Å². The van der Waals surface area contributed by atoms with Crippen molar-refractivity contribution in [2.24, 2.45) is 5.18 Å². The summed E-state index contributed by atoms with van der Waals surface area (Å²) in [6.07, 6.45) is 0.813. The number of benzene rings is 1. The number of hydrogen-bond acceptors (Lipinski definition) is 3. The van der Waals surface area contributed by atoms with Gasteiger partial charge in [0.25, 0.3) is 0 Å². The van der Waals surface area contributed by atoms with Gasteiger partial charge in [-0.15, -0.1) is 4.91 Å². The minimum Gasteiger partial charge on any atom is -0.481 e. The molecule has 15 heavy (non-hydrogen) atoms. The summed E-state index contributed by atoms with van der Waals surface area (Å²) < 4.78 is 0. The Morgan fingerprint density at radius 2 is 2.27 bits per heavy atom. The van der Waals surface area contributed by atoms with Gasteiger partial charge in [-0.25, -0.2) is 0 Å². The molecule has 1 N–H and O–H groups in total. The lowest BCUT2D eigenvalue weighted by atomic mass is 9.93. The zero-order valence-corrected chi connectivity index (χ0v) is 8.51. The van der Waals surface area contributed by atoms with Gasteiger partial charge in [0.05, 0.1) is 6.42 Å². The summed E-state index contributed by atoms with van der Waals surface area (Å²) >= 11 is 0. The van der Waals surface area contributed by atoms with Gasteiger partial charge in [0.1, 0.15) is 5.69 Å². The molecule has 1 atom stereocenters. The van der Waals surface area contributed by atoms with E-state index < -0.39 is 5.97 Å². The molecule has 1 aromatic rings. The molecule has 0 spiro atoms. The van der Waals surface area contributed by atoms with Gasteiger partial charge >= 0.3 is 5.97 Å². The second kappa shape index (κ2) is 5.24. The first-order chi connectivity index (χ1) is 7.17. The first-order valence-corrected chi connectivity index (χ1v) is 4.82. The molecule has 0 aliphatic heterocycles. The number of carboxylic acids is 1. The van der Waals surface area contributed by atoms with Crippen LogP contribution in [-0.4, -0.2) is 11.1 Å². The summed E-state index contributed by atoms with van der Waals surface area (Å²) in [5.41, 5.74) is 1.20. The molecule has 0 aromatic heterocycles. The van der Waals surface area contributed by atoms with Gasteiger partial charge in [0.15, 0.2) is 0 Å². The van der Waals surface area contributed by atoms with E-state index in [0.717, 1.165) is 12.0 Å². The van der Waals surface area contributed by atoms with Crippen LogP contribution in [0.25, 0.3) is 0 Å². The van der Waals surface area contributed by atoms with Crippen molar-refractivity contribution in [1.82, 2.24) is 0 Å². The Labute approximate surface area is 87.9 Å². The van der Waals surface area contributed by atoms with Crippen molar-refractivity contribution in [1.29, 1.82) is 0 Å². The Hall–Kier alpha value is -1.71. The Balaban J connectivity index is 2.90. The average Bonchev–Trinajstić information content (AvgIpc) is 2.25. The highest BCUT2D eigenvalue weighted by Crippen LogP contribution is 2.26. The monoisotopic (exact) mass is 207 g/mol. The Morgan fingerprint density at radius 3 is 2.80 bits per heavy atom. The van der Waals surface area contributed by atoms with Gasteiger partial charge in [-0.1, -0.05) is 19.1 Å². The molecule has 0 bridgehead atoms. The molecule has 0 amide bonds. The molecule has 4 nitrogen and oxygen atoms in total. The topological polar surface area (TPSA) is 66.7 Å². The maximum Gasteiger partial charge on any atom is 0.303 e. The van der Waals surface area contributed by atoms with Crippen LogP contribution in [0.15, 0.2) is 29.4 Å². The third kappa shape index (κ3) is 3.16. The van der Waals surface area contributed by atoms with Crippen LogP contribution in [0.3, 0.4) is 0 Å². The molecule has 1 unspecified atom stereocenters. The quantitative estimate of drug-likeness (QED) is 0.754. The van der Waals surface area contributed by atoms with E-state index >= 15 is 0 Å². The molecule has 4 heteroatoms. The smallest absolute Gasteiger partial charge is 0.303 e. The highest BCUT2D eigenvalue weighted by atomic mass is 16.4. The van der Waals surface area contributed by atoms with Crippen molar-refractivity contribution < 1.29 is 9.90 Å². The van der Waals surface area contributed by atoms with Gasteiger partial charge in [0.2, 0.25) is 0 Å². The molecule has 80 valence electrons. The van der Waals surface area contributed by atoms with E-state index in [1.807, 2.05) is 13.0 Å². The van der Waals surface area contributed by atoms with Gasteiger partial charge < -0.3 is 5.11 Å². The number of carbonyl (C=O) groups is 1. The van der Waals surface area contributed by atoms with E-state index in [-0.39, 0.29) is 12.3 Å². The predicted octanol–water partition coefficient (Wildman–Crippen LogP) is 3.05. The largest absolute Gasteiger partial charge is 0.481 e. The minimum atomic E-state index is -0.827. The lowest BCUT2D eigenvalue weighted by Crippen LogP contribution is -2.05. The van der Waals surface area contributed by atoms with Gasteiger partial charge in [0, 0.05) is 0 Å². The lowest BCUT2D eigenvalue weighted by molar-refractivity contribution is -0.137. The fourth-order valence-corrected chi connectivity index (χ4v) is 1.54. The molecular formula is C11H13NO3. The maximum absolute atomic E-state index is 10.6. The number of rotatable bonds is 5.